The zero-order chi connectivity index (χ0) is 16.1. The van der Waals surface area contributed by atoms with Gasteiger partial charge in [0.25, 0.3) is 5.91 Å². The second-order valence-electron chi connectivity index (χ2n) is 6.45. The van der Waals surface area contributed by atoms with Crippen LogP contribution in [0.25, 0.3) is 10.9 Å². The highest BCUT2D eigenvalue weighted by Crippen LogP contribution is 2.36. The van der Waals surface area contributed by atoms with Crippen molar-refractivity contribution in [1.82, 2.24) is 9.99 Å². The summed E-state index contributed by atoms with van der Waals surface area (Å²) in [6.07, 6.45) is 3.03. The first kappa shape index (κ1) is 13.5. The van der Waals surface area contributed by atoms with Gasteiger partial charge in [0.15, 0.2) is 0 Å². The van der Waals surface area contributed by atoms with Crippen molar-refractivity contribution < 1.29 is 4.79 Å². The summed E-state index contributed by atoms with van der Waals surface area (Å²) in [4.78, 5) is 12.4. The van der Waals surface area contributed by atoms with Crippen LogP contribution < -0.4 is 5.43 Å². The number of aromatic nitrogens is 1. The molecule has 5 rings (SSSR count). The number of rotatable bonds is 2. The molecule has 2 aliphatic rings. The molecular formula is C20H17N3O. The van der Waals surface area contributed by atoms with E-state index in [0.29, 0.717) is 0 Å². The number of hydrogen-bond acceptors (Lipinski definition) is 2. The van der Waals surface area contributed by atoms with Crippen LogP contribution in [0.15, 0.2) is 53.6 Å². The first-order valence-electron chi connectivity index (χ1n) is 8.38. The van der Waals surface area contributed by atoms with E-state index in [1.807, 2.05) is 18.2 Å². The summed E-state index contributed by atoms with van der Waals surface area (Å²) in [6, 6.07) is 16.5. The lowest BCUT2D eigenvalue weighted by molar-refractivity contribution is 0.0957. The minimum atomic E-state index is -0.109. The molecular weight excluding hydrogens is 298 g/mol. The van der Waals surface area contributed by atoms with Crippen molar-refractivity contribution in [3.8, 4) is 0 Å². The number of nitrogens with one attached hydrogen (secondary N) is 1. The minimum Gasteiger partial charge on any atom is -0.339 e. The van der Waals surface area contributed by atoms with E-state index < -0.39 is 0 Å². The Kier molecular flexibility index (Phi) is 2.86. The summed E-state index contributed by atoms with van der Waals surface area (Å²) in [5, 5.41) is 5.47. The number of benzene rings is 2. The first-order valence-corrected chi connectivity index (χ1v) is 8.38. The summed E-state index contributed by atoms with van der Waals surface area (Å²) >= 11 is 0. The van der Waals surface area contributed by atoms with Crippen LogP contribution in [0.1, 0.15) is 40.0 Å². The van der Waals surface area contributed by atoms with E-state index in [9.17, 15) is 4.79 Å². The van der Waals surface area contributed by atoms with Crippen molar-refractivity contribution in [2.75, 3.05) is 0 Å². The van der Waals surface area contributed by atoms with Crippen LogP contribution in [0.2, 0.25) is 0 Å². The Morgan fingerprint density at radius 3 is 2.79 bits per heavy atom. The molecule has 0 fully saturated rings. The molecule has 1 amide bonds. The molecule has 4 heteroatoms. The van der Waals surface area contributed by atoms with Gasteiger partial charge < -0.3 is 4.57 Å². The molecule has 0 saturated heterocycles. The molecule has 1 aliphatic carbocycles. The molecule has 0 radical (unpaired) electrons. The molecule has 0 saturated carbocycles. The van der Waals surface area contributed by atoms with Gasteiger partial charge in [0.1, 0.15) is 0 Å². The van der Waals surface area contributed by atoms with Gasteiger partial charge in [-0.25, -0.2) is 5.43 Å². The van der Waals surface area contributed by atoms with Crippen molar-refractivity contribution in [3.05, 3.63) is 70.9 Å². The third-order valence-electron chi connectivity index (χ3n) is 5.03. The van der Waals surface area contributed by atoms with E-state index in [1.54, 1.807) is 0 Å². The maximum atomic E-state index is 12.4. The van der Waals surface area contributed by atoms with Crippen molar-refractivity contribution in [1.29, 1.82) is 0 Å². The highest BCUT2D eigenvalue weighted by atomic mass is 16.2. The number of hydrogen-bond donors (Lipinski definition) is 1. The SMILES string of the molecule is O=C1NN=C2CCCc3c2c2c1cccc2n3Cc1ccccc1. The molecule has 0 atom stereocenters. The lowest BCUT2D eigenvalue weighted by Gasteiger charge is -2.17. The van der Waals surface area contributed by atoms with E-state index in [1.165, 1.54) is 16.8 Å². The standard InChI is InChI=1S/C20H17N3O/c24-20-14-8-4-10-16-18(14)19-15(21-22-20)9-5-11-17(19)23(16)12-13-6-2-1-3-7-13/h1-4,6-8,10H,5,9,11-12H2,(H,22,24). The number of hydrazone groups is 1. The third-order valence-corrected chi connectivity index (χ3v) is 5.03. The quantitative estimate of drug-likeness (QED) is 0.773. The van der Waals surface area contributed by atoms with Crippen molar-refractivity contribution in [3.63, 3.8) is 0 Å². The fraction of sp³-hybridized carbons (Fsp3) is 0.200. The monoisotopic (exact) mass is 315 g/mol. The van der Waals surface area contributed by atoms with E-state index >= 15 is 0 Å². The molecule has 0 unspecified atom stereocenters. The molecule has 4 nitrogen and oxygen atoms in total. The summed E-state index contributed by atoms with van der Waals surface area (Å²) < 4.78 is 2.37. The molecule has 3 aromatic rings. The van der Waals surface area contributed by atoms with Gasteiger partial charge in [-0.2, -0.15) is 5.10 Å². The van der Waals surface area contributed by atoms with Gasteiger partial charge >= 0.3 is 0 Å². The molecule has 0 bridgehead atoms. The van der Waals surface area contributed by atoms with Crippen LogP contribution in [-0.4, -0.2) is 16.2 Å². The normalized spacial score (nSPS) is 15.8. The number of amides is 1. The fourth-order valence-corrected chi connectivity index (χ4v) is 4.00. The maximum Gasteiger partial charge on any atom is 0.272 e. The Morgan fingerprint density at radius 1 is 1.04 bits per heavy atom. The Balaban J connectivity index is 1.83. The van der Waals surface area contributed by atoms with Crippen LogP contribution in [0, 0.1) is 0 Å². The Morgan fingerprint density at radius 2 is 1.92 bits per heavy atom. The predicted molar refractivity (Wildman–Crippen MR) is 94.4 cm³/mol. The van der Waals surface area contributed by atoms with Gasteiger partial charge in [-0.15, -0.1) is 0 Å². The van der Waals surface area contributed by atoms with Crippen LogP contribution in [0.3, 0.4) is 0 Å². The zero-order valence-corrected chi connectivity index (χ0v) is 13.2. The molecule has 2 aromatic carbocycles. The van der Waals surface area contributed by atoms with Gasteiger partial charge in [0.2, 0.25) is 0 Å². The third kappa shape index (κ3) is 1.86. The maximum absolute atomic E-state index is 12.4. The Labute approximate surface area is 139 Å². The van der Waals surface area contributed by atoms with E-state index in [2.05, 4.69) is 45.4 Å². The zero-order valence-electron chi connectivity index (χ0n) is 13.2. The van der Waals surface area contributed by atoms with Crippen molar-refractivity contribution in [2.45, 2.75) is 25.8 Å². The molecule has 1 N–H and O–H groups in total. The van der Waals surface area contributed by atoms with Gasteiger partial charge in [0.05, 0.1) is 16.8 Å². The summed E-state index contributed by atoms with van der Waals surface area (Å²) in [6.45, 7) is 0.824. The van der Waals surface area contributed by atoms with Gasteiger partial charge in [-0.05, 0) is 37.0 Å². The minimum absolute atomic E-state index is 0.109. The Bertz CT molecular complexity index is 999. The van der Waals surface area contributed by atoms with Gasteiger partial charge in [-0.3, -0.25) is 4.79 Å². The van der Waals surface area contributed by atoms with Crippen LogP contribution in [0.4, 0.5) is 0 Å². The largest absolute Gasteiger partial charge is 0.339 e. The van der Waals surface area contributed by atoms with Gasteiger partial charge in [0, 0.05) is 23.2 Å². The van der Waals surface area contributed by atoms with Crippen LogP contribution in [-0.2, 0) is 13.0 Å². The summed E-state index contributed by atoms with van der Waals surface area (Å²) in [7, 11) is 0. The molecule has 24 heavy (non-hydrogen) atoms. The first-order chi connectivity index (χ1) is 11.8. The fourth-order valence-electron chi connectivity index (χ4n) is 4.00. The number of nitrogens with zero attached hydrogens (tertiary/aromatic N) is 2. The average Bonchev–Trinajstić information content (AvgIpc) is 2.86. The molecule has 1 aliphatic heterocycles. The number of carbonyl (C=O) groups excluding carboxylic acids is 1. The smallest absolute Gasteiger partial charge is 0.272 e. The van der Waals surface area contributed by atoms with Crippen molar-refractivity contribution >= 4 is 22.5 Å². The lowest BCUT2D eigenvalue weighted by Crippen LogP contribution is -2.20. The highest BCUT2D eigenvalue weighted by molar-refractivity contribution is 6.20. The molecule has 0 spiro atoms. The lowest BCUT2D eigenvalue weighted by atomic mass is 9.92. The second-order valence-corrected chi connectivity index (χ2v) is 6.45. The van der Waals surface area contributed by atoms with E-state index in [0.717, 1.165) is 48.0 Å². The van der Waals surface area contributed by atoms with Crippen LogP contribution >= 0.6 is 0 Å². The molecule has 1 aromatic heterocycles. The highest BCUT2D eigenvalue weighted by Gasteiger charge is 2.29. The number of carbonyl (C=O) groups is 1. The van der Waals surface area contributed by atoms with Crippen molar-refractivity contribution in [2.24, 2.45) is 5.10 Å². The molecule has 2 heterocycles. The topological polar surface area (TPSA) is 46.4 Å². The average molecular weight is 315 g/mol. The summed E-state index contributed by atoms with van der Waals surface area (Å²) in [5.74, 6) is -0.109. The molecule has 118 valence electrons. The predicted octanol–water partition coefficient (Wildman–Crippen LogP) is 3.47. The van der Waals surface area contributed by atoms with Crippen LogP contribution in [0.5, 0.6) is 0 Å². The van der Waals surface area contributed by atoms with E-state index in [4.69, 9.17) is 0 Å². The van der Waals surface area contributed by atoms with E-state index in [-0.39, 0.29) is 5.91 Å². The second kappa shape index (κ2) is 5.06. The Hall–Kier alpha value is -2.88. The summed E-state index contributed by atoms with van der Waals surface area (Å²) in [5.41, 5.74) is 9.35. The van der Waals surface area contributed by atoms with Gasteiger partial charge in [-0.1, -0.05) is 36.4 Å².